The van der Waals surface area contributed by atoms with Crippen molar-refractivity contribution in [2.45, 2.75) is 19.9 Å². The molecule has 1 aromatic carbocycles. The summed E-state index contributed by atoms with van der Waals surface area (Å²) < 4.78 is 17.9. The molecule has 0 fully saturated rings. The zero-order chi connectivity index (χ0) is 22.1. The minimum atomic E-state index is -0.358. The van der Waals surface area contributed by atoms with Gasteiger partial charge in [0.05, 0.1) is 48.3 Å². The van der Waals surface area contributed by atoms with Gasteiger partial charge in [-0.2, -0.15) is 5.10 Å². The van der Waals surface area contributed by atoms with Crippen LogP contribution in [0.3, 0.4) is 0 Å². The summed E-state index contributed by atoms with van der Waals surface area (Å²) in [5.41, 5.74) is 1.94. The van der Waals surface area contributed by atoms with E-state index in [1.165, 1.54) is 14.2 Å². The number of hydrogen-bond acceptors (Lipinski definition) is 6. The number of methoxy groups -OCH3 is 2. The number of nitrogens with one attached hydrogen (secondary N) is 1. The first-order valence-electron chi connectivity index (χ1n) is 9.58. The topological polar surface area (TPSA) is 91.4 Å². The highest BCUT2D eigenvalue weighted by molar-refractivity contribution is 6.32. The van der Waals surface area contributed by atoms with Gasteiger partial charge in [0.25, 0.3) is 5.91 Å². The van der Waals surface area contributed by atoms with E-state index in [-0.39, 0.29) is 11.9 Å². The number of anilines is 1. The number of pyridine rings is 1. The third-order valence-electron chi connectivity index (χ3n) is 4.80. The normalized spacial score (nSPS) is 11.2. The van der Waals surface area contributed by atoms with Crippen molar-refractivity contribution in [1.82, 2.24) is 14.8 Å². The number of fused-ring (bicyclic) bond motifs is 1. The summed E-state index contributed by atoms with van der Waals surface area (Å²) in [4.78, 5) is 18.0. The molecule has 1 N–H and O–H groups in total. The predicted octanol–water partition coefficient (Wildman–Crippen LogP) is 5.20. The second-order valence-corrected chi connectivity index (χ2v) is 7.50. The number of ether oxygens (including phenoxy) is 2. The third kappa shape index (κ3) is 3.82. The molecule has 0 saturated heterocycles. The maximum Gasteiger partial charge on any atom is 0.256 e. The van der Waals surface area contributed by atoms with Crippen LogP contribution in [0.2, 0.25) is 5.02 Å². The van der Waals surface area contributed by atoms with E-state index in [1.807, 2.05) is 13.8 Å². The standard InChI is InChI=1S/C22H21ClN4O4/c1-12(2)27-21-14(11-24-27)13(8-16(25-21)18-6-5-7-31-18)22(28)26-17-9-15(23)19(29-3)10-20(17)30-4/h5-12H,1-4H3,(H,26,28). The molecule has 0 aliphatic rings. The van der Waals surface area contributed by atoms with Crippen molar-refractivity contribution >= 4 is 34.2 Å². The number of carbonyl (C=O) groups excluding carboxylic acids is 1. The zero-order valence-corrected chi connectivity index (χ0v) is 18.2. The Morgan fingerprint density at radius 2 is 1.97 bits per heavy atom. The van der Waals surface area contributed by atoms with E-state index in [2.05, 4.69) is 15.4 Å². The smallest absolute Gasteiger partial charge is 0.256 e. The van der Waals surface area contributed by atoms with Crippen LogP contribution in [0.25, 0.3) is 22.5 Å². The van der Waals surface area contributed by atoms with Gasteiger partial charge >= 0.3 is 0 Å². The van der Waals surface area contributed by atoms with Crippen molar-refractivity contribution in [2.75, 3.05) is 19.5 Å². The molecule has 3 heterocycles. The highest BCUT2D eigenvalue weighted by Gasteiger charge is 2.21. The van der Waals surface area contributed by atoms with Crippen molar-refractivity contribution in [3.63, 3.8) is 0 Å². The van der Waals surface area contributed by atoms with Gasteiger partial charge in [0, 0.05) is 12.1 Å². The molecule has 31 heavy (non-hydrogen) atoms. The van der Waals surface area contributed by atoms with Crippen LogP contribution in [-0.4, -0.2) is 34.9 Å². The third-order valence-corrected chi connectivity index (χ3v) is 5.09. The monoisotopic (exact) mass is 440 g/mol. The van der Waals surface area contributed by atoms with Crippen molar-refractivity contribution < 1.29 is 18.7 Å². The minimum Gasteiger partial charge on any atom is -0.495 e. The van der Waals surface area contributed by atoms with Crippen molar-refractivity contribution in [3.05, 3.63) is 53.4 Å². The first-order valence-corrected chi connectivity index (χ1v) is 9.95. The van der Waals surface area contributed by atoms with E-state index < -0.39 is 0 Å². The quantitative estimate of drug-likeness (QED) is 0.443. The highest BCUT2D eigenvalue weighted by Crippen LogP contribution is 2.36. The molecule has 4 rings (SSSR count). The number of aromatic nitrogens is 3. The summed E-state index contributed by atoms with van der Waals surface area (Å²) in [5, 5.41) is 8.27. The van der Waals surface area contributed by atoms with Gasteiger partial charge in [0.15, 0.2) is 11.4 Å². The molecule has 0 spiro atoms. The van der Waals surface area contributed by atoms with Gasteiger partial charge < -0.3 is 19.2 Å². The highest BCUT2D eigenvalue weighted by atomic mass is 35.5. The van der Waals surface area contributed by atoms with Gasteiger partial charge in [-0.05, 0) is 38.1 Å². The number of benzene rings is 1. The first kappa shape index (κ1) is 20.7. The maximum absolute atomic E-state index is 13.3. The minimum absolute atomic E-state index is 0.0632. The van der Waals surface area contributed by atoms with Gasteiger partial charge in [-0.15, -0.1) is 0 Å². The molecule has 1 amide bonds. The number of amides is 1. The molecule has 0 aliphatic heterocycles. The largest absolute Gasteiger partial charge is 0.495 e. The van der Waals surface area contributed by atoms with Crippen molar-refractivity contribution in [3.8, 4) is 23.0 Å². The predicted molar refractivity (Wildman–Crippen MR) is 118 cm³/mol. The van der Waals surface area contributed by atoms with Gasteiger partial charge in [0.2, 0.25) is 0 Å². The van der Waals surface area contributed by atoms with Crippen LogP contribution in [0.1, 0.15) is 30.2 Å². The van der Waals surface area contributed by atoms with E-state index in [9.17, 15) is 4.79 Å². The summed E-state index contributed by atoms with van der Waals surface area (Å²) in [6, 6.07) is 8.50. The number of hydrogen-bond donors (Lipinski definition) is 1. The molecule has 0 saturated carbocycles. The summed E-state index contributed by atoms with van der Waals surface area (Å²) in [6.07, 6.45) is 3.20. The number of furan rings is 1. The summed E-state index contributed by atoms with van der Waals surface area (Å²) in [6.45, 7) is 4.00. The Morgan fingerprint density at radius 3 is 2.61 bits per heavy atom. The lowest BCUT2D eigenvalue weighted by Crippen LogP contribution is -2.14. The fraction of sp³-hybridized carbons (Fsp3) is 0.227. The van der Waals surface area contributed by atoms with E-state index in [0.29, 0.717) is 50.3 Å². The van der Waals surface area contributed by atoms with Crippen LogP contribution >= 0.6 is 11.6 Å². The van der Waals surface area contributed by atoms with Gasteiger partial charge in [0.1, 0.15) is 17.2 Å². The van der Waals surface area contributed by atoms with Crippen LogP contribution in [0, 0.1) is 0 Å². The second kappa shape index (κ2) is 8.31. The van der Waals surface area contributed by atoms with Gasteiger partial charge in [-0.3, -0.25) is 4.79 Å². The maximum atomic E-state index is 13.3. The average Bonchev–Trinajstić information content (AvgIpc) is 3.43. The molecule has 4 aromatic rings. The molecule has 0 aliphatic carbocycles. The Labute approximate surface area is 183 Å². The summed E-state index contributed by atoms with van der Waals surface area (Å²) in [7, 11) is 3.01. The number of carbonyl (C=O) groups is 1. The Kier molecular flexibility index (Phi) is 5.56. The van der Waals surface area contributed by atoms with E-state index in [0.717, 1.165) is 0 Å². The molecule has 160 valence electrons. The lowest BCUT2D eigenvalue weighted by atomic mass is 10.1. The lowest BCUT2D eigenvalue weighted by molar-refractivity contribution is 0.102. The average molecular weight is 441 g/mol. The Balaban J connectivity index is 1.82. The fourth-order valence-electron chi connectivity index (χ4n) is 3.28. The van der Waals surface area contributed by atoms with Crippen LogP contribution in [0.4, 0.5) is 5.69 Å². The van der Waals surface area contributed by atoms with Crippen molar-refractivity contribution in [1.29, 1.82) is 0 Å². The van der Waals surface area contributed by atoms with Crippen LogP contribution in [-0.2, 0) is 0 Å². The number of nitrogens with zero attached hydrogens (tertiary/aromatic N) is 3. The molecule has 8 nitrogen and oxygen atoms in total. The molecular formula is C22H21ClN4O4. The Bertz CT molecular complexity index is 1250. The molecular weight excluding hydrogens is 420 g/mol. The number of halogens is 1. The van der Waals surface area contributed by atoms with Gasteiger partial charge in [-0.1, -0.05) is 11.6 Å². The van der Waals surface area contributed by atoms with Crippen LogP contribution < -0.4 is 14.8 Å². The summed E-state index contributed by atoms with van der Waals surface area (Å²) in [5.74, 6) is 1.06. The molecule has 9 heteroatoms. The molecule has 3 aromatic heterocycles. The Morgan fingerprint density at radius 1 is 1.19 bits per heavy atom. The first-order chi connectivity index (χ1) is 14.9. The van der Waals surface area contributed by atoms with Crippen LogP contribution in [0.5, 0.6) is 11.5 Å². The Hall–Kier alpha value is -3.52. The lowest BCUT2D eigenvalue weighted by Gasteiger charge is -2.14. The molecule has 0 radical (unpaired) electrons. The van der Waals surface area contributed by atoms with E-state index >= 15 is 0 Å². The zero-order valence-electron chi connectivity index (χ0n) is 17.5. The molecule has 0 atom stereocenters. The SMILES string of the molecule is COc1cc(OC)c(NC(=O)c2cc(-c3ccco3)nc3c2cnn3C(C)C)cc1Cl. The molecule has 0 unspecified atom stereocenters. The summed E-state index contributed by atoms with van der Waals surface area (Å²) >= 11 is 6.25. The fourth-order valence-corrected chi connectivity index (χ4v) is 3.52. The number of rotatable bonds is 6. The van der Waals surface area contributed by atoms with E-state index in [1.54, 1.807) is 47.5 Å². The van der Waals surface area contributed by atoms with Crippen molar-refractivity contribution in [2.24, 2.45) is 0 Å². The van der Waals surface area contributed by atoms with Crippen LogP contribution in [0.15, 0.2) is 47.2 Å². The molecule has 0 bridgehead atoms. The van der Waals surface area contributed by atoms with Gasteiger partial charge in [-0.25, -0.2) is 9.67 Å². The second-order valence-electron chi connectivity index (χ2n) is 7.09. The van der Waals surface area contributed by atoms with E-state index in [4.69, 9.17) is 25.5 Å².